The van der Waals surface area contributed by atoms with Gasteiger partial charge in [-0.2, -0.15) is 0 Å². The molecule has 1 aliphatic heterocycles. The van der Waals surface area contributed by atoms with Gasteiger partial charge >= 0.3 is 0 Å². The van der Waals surface area contributed by atoms with Crippen molar-refractivity contribution < 1.29 is 4.74 Å². The van der Waals surface area contributed by atoms with Gasteiger partial charge in [0, 0.05) is 25.3 Å². The third kappa shape index (κ3) is 2.60. The number of aryl methyl sites for hydroxylation is 1. The van der Waals surface area contributed by atoms with E-state index in [2.05, 4.69) is 37.0 Å². The second-order valence-electron chi connectivity index (χ2n) is 4.86. The third-order valence-electron chi connectivity index (χ3n) is 2.94. The minimum atomic E-state index is 0.496. The van der Waals surface area contributed by atoms with Crippen molar-refractivity contribution in [3.05, 3.63) is 29.1 Å². The van der Waals surface area contributed by atoms with E-state index < -0.39 is 0 Å². The largest absolute Gasteiger partial charge is 0.381 e. The van der Waals surface area contributed by atoms with Crippen molar-refractivity contribution in [3.63, 3.8) is 0 Å². The van der Waals surface area contributed by atoms with Gasteiger partial charge in [0.2, 0.25) is 0 Å². The summed E-state index contributed by atoms with van der Waals surface area (Å²) in [5, 5.41) is 0. The molecule has 1 atom stereocenters. The van der Waals surface area contributed by atoms with Gasteiger partial charge in [-0.1, -0.05) is 6.07 Å². The number of aromatic nitrogens is 1. The molecule has 0 bridgehead atoms. The van der Waals surface area contributed by atoms with Gasteiger partial charge < -0.3 is 9.64 Å². The molecule has 1 aromatic heterocycles. The quantitative estimate of drug-likeness (QED) is 0.778. The maximum atomic E-state index is 5.45. The molecule has 2 heterocycles. The van der Waals surface area contributed by atoms with Crippen molar-refractivity contribution in [2.45, 2.75) is 25.8 Å². The Morgan fingerprint density at radius 3 is 2.94 bits per heavy atom. The van der Waals surface area contributed by atoms with Crippen molar-refractivity contribution in [2.75, 3.05) is 27.3 Å². The molecule has 2 rings (SSSR count). The van der Waals surface area contributed by atoms with E-state index in [1.165, 1.54) is 16.8 Å². The van der Waals surface area contributed by atoms with Gasteiger partial charge in [0.1, 0.15) is 0 Å². The summed E-state index contributed by atoms with van der Waals surface area (Å²) in [6.45, 7) is 4.76. The zero-order chi connectivity index (χ0) is 11.5. The molecule has 0 saturated carbocycles. The molecular formula is C13H20N2O. The summed E-state index contributed by atoms with van der Waals surface area (Å²) in [7, 11) is 4.19. The Bertz CT molecular complexity index is 357. The molecule has 0 amide bonds. The Morgan fingerprint density at radius 1 is 1.50 bits per heavy atom. The molecule has 0 radical (unpaired) electrons. The van der Waals surface area contributed by atoms with Gasteiger partial charge in [0.25, 0.3) is 0 Å². The van der Waals surface area contributed by atoms with Crippen LogP contribution < -0.4 is 0 Å². The molecule has 0 N–H and O–H groups in total. The lowest BCUT2D eigenvalue weighted by atomic mass is 9.98. The minimum absolute atomic E-state index is 0.496. The highest BCUT2D eigenvalue weighted by atomic mass is 16.5. The summed E-state index contributed by atoms with van der Waals surface area (Å²) in [5.41, 5.74) is 3.82. The molecule has 0 aliphatic carbocycles. The van der Waals surface area contributed by atoms with Gasteiger partial charge in [-0.15, -0.1) is 0 Å². The van der Waals surface area contributed by atoms with Gasteiger partial charge in [-0.05, 0) is 38.6 Å². The van der Waals surface area contributed by atoms with E-state index in [0.717, 1.165) is 26.2 Å². The van der Waals surface area contributed by atoms with E-state index in [1.807, 2.05) is 6.20 Å². The van der Waals surface area contributed by atoms with Crippen molar-refractivity contribution in [1.82, 2.24) is 9.88 Å². The average molecular weight is 220 g/mol. The highest BCUT2D eigenvalue weighted by Gasteiger charge is 2.22. The summed E-state index contributed by atoms with van der Waals surface area (Å²) in [4.78, 5) is 6.80. The fourth-order valence-electron chi connectivity index (χ4n) is 2.23. The minimum Gasteiger partial charge on any atom is -0.381 e. The number of hydrogen-bond donors (Lipinski definition) is 0. The fraction of sp³-hybridized carbons (Fsp3) is 0.615. The van der Waals surface area contributed by atoms with E-state index in [-0.39, 0.29) is 0 Å². The Balaban J connectivity index is 2.27. The average Bonchev–Trinajstić information content (AvgIpc) is 2.69. The van der Waals surface area contributed by atoms with Crippen molar-refractivity contribution >= 4 is 0 Å². The monoisotopic (exact) mass is 220 g/mol. The van der Waals surface area contributed by atoms with Crippen LogP contribution in [0.1, 0.15) is 29.2 Å². The number of pyridine rings is 1. The van der Waals surface area contributed by atoms with Crippen LogP contribution in [-0.2, 0) is 11.3 Å². The highest BCUT2D eigenvalue weighted by molar-refractivity contribution is 5.28. The van der Waals surface area contributed by atoms with Crippen LogP contribution in [-0.4, -0.2) is 37.2 Å². The molecule has 0 spiro atoms. The maximum absolute atomic E-state index is 5.45. The van der Waals surface area contributed by atoms with Crippen LogP contribution in [0.25, 0.3) is 0 Å². The Morgan fingerprint density at radius 2 is 2.31 bits per heavy atom. The molecule has 1 aromatic rings. The first kappa shape index (κ1) is 11.6. The molecule has 3 heteroatoms. The van der Waals surface area contributed by atoms with Crippen LogP contribution in [0.4, 0.5) is 0 Å². The molecule has 1 fully saturated rings. The second-order valence-corrected chi connectivity index (χ2v) is 4.86. The molecule has 1 aliphatic rings. The second kappa shape index (κ2) is 4.93. The topological polar surface area (TPSA) is 25.4 Å². The summed E-state index contributed by atoms with van der Waals surface area (Å²) in [5.74, 6) is 0.496. The predicted octanol–water partition coefficient (Wildman–Crippen LogP) is 1.96. The van der Waals surface area contributed by atoms with Crippen LogP contribution >= 0.6 is 0 Å². The van der Waals surface area contributed by atoms with Crippen molar-refractivity contribution in [1.29, 1.82) is 0 Å². The first-order valence-corrected chi connectivity index (χ1v) is 5.84. The summed E-state index contributed by atoms with van der Waals surface area (Å²) in [6.07, 6.45) is 3.07. The van der Waals surface area contributed by atoms with Gasteiger partial charge in [-0.3, -0.25) is 4.98 Å². The number of nitrogens with zero attached hydrogens (tertiary/aromatic N) is 2. The lowest BCUT2D eigenvalue weighted by Crippen LogP contribution is -2.15. The first-order valence-electron chi connectivity index (χ1n) is 5.84. The maximum Gasteiger partial charge on any atom is 0.0550 e. The molecular weight excluding hydrogens is 200 g/mol. The first-order chi connectivity index (χ1) is 7.66. The van der Waals surface area contributed by atoms with E-state index in [4.69, 9.17) is 4.74 Å². The lowest BCUT2D eigenvalue weighted by molar-refractivity contribution is 0.193. The highest BCUT2D eigenvalue weighted by Crippen LogP contribution is 2.27. The van der Waals surface area contributed by atoms with E-state index in [1.54, 1.807) is 0 Å². The van der Waals surface area contributed by atoms with E-state index >= 15 is 0 Å². The van der Waals surface area contributed by atoms with Crippen LogP contribution in [0, 0.1) is 6.92 Å². The summed E-state index contributed by atoms with van der Waals surface area (Å²) < 4.78 is 5.45. The third-order valence-corrected chi connectivity index (χ3v) is 2.94. The molecule has 1 unspecified atom stereocenters. The van der Waals surface area contributed by atoms with Gasteiger partial charge in [0.05, 0.1) is 12.3 Å². The van der Waals surface area contributed by atoms with Crippen molar-refractivity contribution in [3.8, 4) is 0 Å². The fourth-order valence-corrected chi connectivity index (χ4v) is 2.23. The van der Waals surface area contributed by atoms with E-state index in [0.29, 0.717) is 5.92 Å². The zero-order valence-corrected chi connectivity index (χ0v) is 10.4. The number of ether oxygens (including phenoxy) is 1. The molecule has 3 nitrogen and oxygen atoms in total. The van der Waals surface area contributed by atoms with Crippen LogP contribution in [0.3, 0.4) is 0 Å². The number of rotatable bonds is 3. The Labute approximate surface area is 97.4 Å². The molecule has 16 heavy (non-hydrogen) atoms. The summed E-state index contributed by atoms with van der Waals surface area (Å²) in [6, 6.07) is 2.25. The van der Waals surface area contributed by atoms with Crippen LogP contribution in [0.15, 0.2) is 12.3 Å². The lowest BCUT2D eigenvalue weighted by Gasteiger charge is -2.17. The standard InChI is InChI=1S/C13H20N2O/c1-10-6-12(8-15(2)3)13(14-7-10)11-4-5-16-9-11/h6-7,11H,4-5,8-9H2,1-3H3. The van der Waals surface area contributed by atoms with Crippen molar-refractivity contribution in [2.24, 2.45) is 0 Å². The zero-order valence-electron chi connectivity index (χ0n) is 10.4. The predicted molar refractivity (Wildman–Crippen MR) is 64.5 cm³/mol. The normalized spacial score (nSPS) is 20.6. The van der Waals surface area contributed by atoms with Crippen LogP contribution in [0.2, 0.25) is 0 Å². The molecule has 0 aromatic carbocycles. The molecule has 1 saturated heterocycles. The SMILES string of the molecule is Cc1cnc(C2CCOC2)c(CN(C)C)c1. The van der Waals surface area contributed by atoms with E-state index in [9.17, 15) is 0 Å². The summed E-state index contributed by atoms with van der Waals surface area (Å²) >= 11 is 0. The molecule has 88 valence electrons. The van der Waals surface area contributed by atoms with Gasteiger partial charge in [-0.25, -0.2) is 0 Å². The Hall–Kier alpha value is -0.930. The Kier molecular flexibility index (Phi) is 3.56. The van der Waals surface area contributed by atoms with Crippen LogP contribution in [0.5, 0.6) is 0 Å². The smallest absolute Gasteiger partial charge is 0.0550 e. The number of hydrogen-bond acceptors (Lipinski definition) is 3. The van der Waals surface area contributed by atoms with Gasteiger partial charge in [0.15, 0.2) is 0 Å².